The second-order valence-electron chi connectivity index (χ2n) is 5.11. The molecule has 0 spiro atoms. The van der Waals surface area contributed by atoms with Crippen LogP contribution in [0.2, 0.25) is 10.0 Å². The monoisotopic (exact) mass is 332 g/mol. The summed E-state index contributed by atoms with van der Waals surface area (Å²) in [5.41, 5.74) is -1.39. The van der Waals surface area contributed by atoms with E-state index in [0.717, 1.165) is 25.3 Å². The van der Waals surface area contributed by atoms with Crippen molar-refractivity contribution in [3.63, 3.8) is 0 Å². The first-order valence-electron chi connectivity index (χ1n) is 6.51. The molecule has 0 aliphatic heterocycles. The molecular formula is C13H14Cl2N2O4. The van der Waals surface area contributed by atoms with E-state index in [0.29, 0.717) is 12.8 Å². The second-order valence-corrected chi connectivity index (χ2v) is 5.93. The fourth-order valence-electron chi connectivity index (χ4n) is 2.59. The molecule has 114 valence electrons. The van der Waals surface area contributed by atoms with Crippen molar-refractivity contribution in [1.29, 1.82) is 0 Å². The van der Waals surface area contributed by atoms with Crippen molar-refractivity contribution in [2.45, 2.75) is 37.6 Å². The smallest absolute Gasteiger partial charge is 0.329 e. The number of benzene rings is 1. The largest absolute Gasteiger partial charge is 0.480 e. The molecule has 2 rings (SSSR count). The Kier molecular flexibility index (Phi) is 4.58. The highest BCUT2D eigenvalue weighted by molar-refractivity contribution is 6.42. The number of nitro groups is 1. The van der Waals surface area contributed by atoms with Crippen LogP contribution >= 0.6 is 23.2 Å². The van der Waals surface area contributed by atoms with E-state index >= 15 is 0 Å². The Morgan fingerprint density at radius 3 is 2.33 bits per heavy atom. The van der Waals surface area contributed by atoms with Crippen LogP contribution in [-0.2, 0) is 4.79 Å². The van der Waals surface area contributed by atoms with Crippen LogP contribution in [0, 0.1) is 10.1 Å². The van der Waals surface area contributed by atoms with Gasteiger partial charge in [-0.2, -0.15) is 0 Å². The summed E-state index contributed by atoms with van der Waals surface area (Å²) in [5.74, 6) is -1.01. The van der Waals surface area contributed by atoms with Gasteiger partial charge in [-0.15, -0.1) is 0 Å². The average molecular weight is 333 g/mol. The first kappa shape index (κ1) is 15.9. The van der Waals surface area contributed by atoms with Crippen molar-refractivity contribution < 1.29 is 14.8 Å². The number of nitro benzene ring substituents is 1. The maximum atomic E-state index is 11.6. The number of carboxylic acid groups (broad SMARTS) is 1. The minimum atomic E-state index is -1.19. The molecule has 0 unspecified atom stereocenters. The van der Waals surface area contributed by atoms with Gasteiger partial charge in [-0.05, 0) is 18.9 Å². The van der Waals surface area contributed by atoms with Gasteiger partial charge in [-0.25, -0.2) is 4.79 Å². The van der Waals surface area contributed by atoms with E-state index in [1.54, 1.807) is 0 Å². The predicted molar refractivity (Wildman–Crippen MR) is 80.2 cm³/mol. The molecule has 1 fully saturated rings. The van der Waals surface area contributed by atoms with Gasteiger partial charge in [0.05, 0.1) is 15.0 Å². The summed E-state index contributed by atoms with van der Waals surface area (Å²) in [5, 5.41) is 23.7. The summed E-state index contributed by atoms with van der Waals surface area (Å²) in [6.07, 6.45) is 3.31. The van der Waals surface area contributed by atoms with E-state index in [2.05, 4.69) is 5.32 Å². The van der Waals surface area contributed by atoms with E-state index in [4.69, 9.17) is 23.2 Å². The van der Waals surface area contributed by atoms with Crippen LogP contribution in [0.4, 0.5) is 11.4 Å². The van der Waals surface area contributed by atoms with Crippen LogP contribution in [-0.4, -0.2) is 21.5 Å². The number of hydrogen-bond donors (Lipinski definition) is 2. The molecular weight excluding hydrogens is 319 g/mol. The molecule has 0 atom stereocenters. The molecule has 8 heteroatoms. The molecule has 2 N–H and O–H groups in total. The highest BCUT2D eigenvalue weighted by atomic mass is 35.5. The Morgan fingerprint density at radius 2 is 1.81 bits per heavy atom. The topological polar surface area (TPSA) is 92.5 Å². The standard InChI is InChI=1S/C13H14Cl2N2O4/c14-8-6-10(11(17(20)21)7-9(8)15)16-13(12(18)19)4-2-1-3-5-13/h6-7,16H,1-5H2,(H,18,19). The maximum absolute atomic E-state index is 11.6. The quantitative estimate of drug-likeness (QED) is 0.639. The van der Waals surface area contributed by atoms with Gasteiger partial charge >= 0.3 is 5.97 Å². The number of aliphatic carboxylic acids is 1. The minimum Gasteiger partial charge on any atom is -0.480 e. The van der Waals surface area contributed by atoms with Crippen LogP contribution in [0.15, 0.2) is 12.1 Å². The van der Waals surface area contributed by atoms with Crippen LogP contribution in [0.3, 0.4) is 0 Å². The first-order chi connectivity index (χ1) is 9.85. The molecule has 0 bridgehead atoms. The van der Waals surface area contributed by atoms with E-state index in [1.807, 2.05) is 0 Å². The lowest BCUT2D eigenvalue weighted by Gasteiger charge is -2.34. The third-order valence-corrected chi connectivity index (χ3v) is 4.45. The molecule has 1 aliphatic carbocycles. The van der Waals surface area contributed by atoms with Crippen molar-refractivity contribution in [3.8, 4) is 0 Å². The SMILES string of the molecule is O=C(O)C1(Nc2cc(Cl)c(Cl)cc2[N+](=O)[O-])CCCCC1. The van der Waals surface area contributed by atoms with E-state index < -0.39 is 16.4 Å². The van der Waals surface area contributed by atoms with Gasteiger partial charge < -0.3 is 10.4 Å². The molecule has 1 aromatic carbocycles. The van der Waals surface area contributed by atoms with Gasteiger partial charge in [-0.1, -0.05) is 42.5 Å². The van der Waals surface area contributed by atoms with Crippen LogP contribution in [0.25, 0.3) is 0 Å². The number of rotatable bonds is 4. The summed E-state index contributed by atoms with van der Waals surface area (Å²) >= 11 is 11.7. The zero-order valence-electron chi connectivity index (χ0n) is 11.1. The molecule has 6 nitrogen and oxygen atoms in total. The Balaban J connectivity index is 2.43. The zero-order valence-corrected chi connectivity index (χ0v) is 12.6. The van der Waals surface area contributed by atoms with E-state index in [-0.39, 0.29) is 21.4 Å². The van der Waals surface area contributed by atoms with Gasteiger partial charge in [0, 0.05) is 6.07 Å². The molecule has 1 aromatic rings. The number of halogens is 2. The minimum absolute atomic E-state index is 0.0573. The normalized spacial score (nSPS) is 17.2. The molecule has 0 amide bonds. The number of hydrogen-bond acceptors (Lipinski definition) is 4. The Labute approximate surface area is 131 Å². The van der Waals surface area contributed by atoms with Crippen LogP contribution in [0.1, 0.15) is 32.1 Å². The van der Waals surface area contributed by atoms with Crippen molar-refractivity contribution in [2.24, 2.45) is 0 Å². The van der Waals surface area contributed by atoms with Gasteiger partial charge in [0.15, 0.2) is 0 Å². The van der Waals surface area contributed by atoms with Crippen molar-refractivity contribution in [3.05, 3.63) is 32.3 Å². The summed E-state index contributed by atoms with van der Waals surface area (Å²) in [6.45, 7) is 0. The van der Waals surface area contributed by atoms with Gasteiger partial charge in [0.25, 0.3) is 5.69 Å². The number of carbonyl (C=O) groups is 1. The third kappa shape index (κ3) is 3.22. The molecule has 1 aliphatic rings. The number of nitrogens with one attached hydrogen (secondary N) is 1. The molecule has 21 heavy (non-hydrogen) atoms. The average Bonchev–Trinajstić information content (AvgIpc) is 2.43. The molecule has 0 aromatic heterocycles. The highest BCUT2D eigenvalue weighted by Crippen LogP contribution is 2.38. The number of anilines is 1. The lowest BCUT2D eigenvalue weighted by Crippen LogP contribution is -2.48. The fraction of sp³-hybridized carbons (Fsp3) is 0.462. The van der Waals surface area contributed by atoms with Crippen molar-refractivity contribution in [1.82, 2.24) is 0 Å². The van der Waals surface area contributed by atoms with E-state index in [1.165, 1.54) is 6.07 Å². The first-order valence-corrected chi connectivity index (χ1v) is 7.26. The molecule has 1 saturated carbocycles. The van der Waals surface area contributed by atoms with Gasteiger partial charge in [0.1, 0.15) is 11.2 Å². The summed E-state index contributed by atoms with van der Waals surface area (Å²) in [4.78, 5) is 22.1. The Bertz CT molecular complexity index is 586. The predicted octanol–water partition coefficient (Wildman–Crippen LogP) is 4.10. The van der Waals surface area contributed by atoms with E-state index in [9.17, 15) is 20.0 Å². The van der Waals surface area contributed by atoms with Crippen LogP contribution in [0.5, 0.6) is 0 Å². The molecule has 0 heterocycles. The summed E-state index contributed by atoms with van der Waals surface area (Å²) < 4.78 is 0. The van der Waals surface area contributed by atoms with Crippen molar-refractivity contribution >= 4 is 40.5 Å². The van der Waals surface area contributed by atoms with Crippen LogP contribution < -0.4 is 5.32 Å². The summed E-state index contributed by atoms with van der Waals surface area (Å²) in [6, 6.07) is 2.44. The lowest BCUT2D eigenvalue weighted by molar-refractivity contribution is -0.384. The Morgan fingerprint density at radius 1 is 1.24 bits per heavy atom. The summed E-state index contributed by atoms with van der Waals surface area (Å²) in [7, 11) is 0. The van der Waals surface area contributed by atoms with Gasteiger partial charge in [0.2, 0.25) is 0 Å². The number of nitrogens with zero attached hydrogens (tertiary/aromatic N) is 1. The molecule has 0 radical (unpaired) electrons. The Hall–Kier alpha value is -1.53. The lowest BCUT2D eigenvalue weighted by atomic mass is 9.81. The fourth-order valence-corrected chi connectivity index (χ4v) is 2.91. The maximum Gasteiger partial charge on any atom is 0.329 e. The number of carboxylic acids is 1. The zero-order chi connectivity index (χ0) is 15.6. The third-order valence-electron chi connectivity index (χ3n) is 3.73. The van der Waals surface area contributed by atoms with Gasteiger partial charge in [-0.3, -0.25) is 10.1 Å². The van der Waals surface area contributed by atoms with Crippen molar-refractivity contribution in [2.75, 3.05) is 5.32 Å². The molecule has 0 saturated heterocycles. The highest BCUT2D eigenvalue weighted by Gasteiger charge is 2.41. The second kappa shape index (κ2) is 6.07.